The highest BCUT2D eigenvalue weighted by molar-refractivity contribution is 5.29. The van der Waals surface area contributed by atoms with Crippen molar-refractivity contribution in [2.24, 2.45) is 0 Å². The number of aliphatic hydroxyl groups excluding tert-OH is 1. The van der Waals surface area contributed by atoms with Gasteiger partial charge in [0.05, 0.1) is 12.7 Å². The van der Waals surface area contributed by atoms with Gasteiger partial charge in [0.1, 0.15) is 5.75 Å². The van der Waals surface area contributed by atoms with Gasteiger partial charge in [-0.25, -0.2) is 0 Å². The fourth-order valence-electron chi connectivity index (χ4n) is 3.15. The molecule has 0 radical (unpaired) electrons. The van der Waals surface area contributed by atoms with Crippen molar-refractivity contribution in [2.45, 2.75) is 51.5 Å². The van der Waals surface area contributed by atoms with Gasteiger partial charge in [0, 0.05) is 13.1 Å². The molecule has 2 N–H and O–H groups in total. The first-order valence-electron chi connectivity index (χ1n) is 8.49. The summed E-state index contributed by atoms with van der Waals surface area (Å²) in [7, 11) is 0. The van der Waals surface area contributed by atoms with Crippen LogP contribution in [-0.2, 0) is 19.7 Å². The van der Waals surface area contributed by atoms with Crippen LogP contribution < -0.4 is 10.1 Å². The van der Waals surface area contributed by atoms with E-state index >= 15 is 0 Å². The Kier molecular flexibility index (Phi) is 5.67. The molecule has 0 atom stereocenters. The van der Waals surface area contributed by atoms with Gasteiger partial charge >= 0.3 is 0 Å². The van der Waals surface area contributed by atoms with Gasteiger partial charge in [-0.15, -0.1) is 0 Å². The number of rotatable bonds is 7. The number of nitrogens with one attached hydrogen (secondary N) is 1. The maximum Gasteiger partial charge on any atom is 0.120 e. The predicted molar refractivity (Wildman–Crippen MR) is 92.2 cm³/mol. The highest BCUT2D eigenvalue weighted by Crippen LogP contribution is 2.24. The lowest BCUT2D eigenvalue weighted by Crippen LogP contribution is -2.15. The fraction of sp³-hybridized carbons (Fsp3) is 0.400. The maximum absolute atomic E-state index is 9.36. The lowest BCUT2D eigenvalue weighted by Gasteiger charge is -2.14. The van der Waals surface area contributed by atoms with Gasteiger partial charge in [-0.05, 0) is 54.5 Å². The van der Waals surface area contributed by atoms with Crippen LogP contribution in [0.5, 0.6) is 5.75 Å². The van der Waals surface area contributed by atoms with E-state index in [9.17, 15) is 5.11 Å². The second-order valence-electron chi connectivity index (χ2n) is 6.20. The third-order valence-corrected chi connectivity index (χ3v) is 4.44. The molecule has 0 saturated heterocycles. The zero-order valence-electron chi connectivity index (χ0n) is 13.5. The molecule has 0 unspecified atom stereocenters. The zero-order chi connectivity index (χ0) is 15.9. The number of ether oxygens (including phenoxy) is 1. The Morgan fingerprint density at radius 3 is 2.52 bits per heavy atom. The maximum atomic E-state index is 9.36. The van der Waals surface area contributed by atoms with E-state index in [1.165, 1.54) is 31.2 Å². The molecule has 1 saturated carbocycles. The topological polar surface area (TPSA) is 41.5 Å². The minimum atomic E-state index is 0.0859. The van der Waals surface area contributed by atoms with Crippen molar-refractivity contribution in [1.29, 1.82) is 0 Å². The van der Waals surface area contributed by atoms with E-state index in [0.717, 1.165) is 30.0 Å². The molecule has 1 aliphatic rings. The molecule has 1 aliphatic carbocycles. The van der Waals surface area contributed by atoms with Crippen molar-refractivity contribution in [3.63, 3.8) is 0 Å². The van der Waals surface area contributed by atoms with Crippen LogP contribution in [-0.4, -0.2) is 11.2 Å². The quantitative estimate of drug-likeness (QED) is 0.817. The molecule has 0 amide bonds. The normalized spacial score (nSPS) is 15.0. The summed E-state index contributed by atoms with van der Waals surface area (Å²) >= 11 is 0. The van der Waals surface area contributed by atoms with E-state index < -0.39 is 0 Å². The smallest absolute Gasteiger partial charge is 0.120 e. The molecule has 2 aromatic rings. The first-order chi connectivity index (χ1) is 11.3. The van der Waals surface area contributed by atoms with E-state index in [1.807, 2.05) is 24.3 Å². The molecule has 0 spiro atoms. The van der Waals surface area contributed by atoms with E-state index in [0.29, 0.717) is 6.10 Å². The highest BCUT2D eigenvalue weighted by Gasteiger charge is 2.16. The summed E-state index contributed by atoms with van der Waals surface area (Å²) in [4.78, 5) is 0. The summed E-state index contributed by atoms with van der Waals surface area (Å²) in [5.74, 6) is 0.979. The number of hydrogen-bond donors (Lipinski definition) is 2. The van der Waals surface area contributed by atoms with Crippen molar-refractivity contribution < 1.29 is 9.84 Å². The van der Waals surface area contributed by atoms with Crippen molar-refractivity contribution in [1.82, 2.24) is 5.32 Å². The summed E-state index contributed by atoms with van der Waals surface area (Å²) in [6.07, 6.45) is 5.34. The van der Waals surface area contributed by atoms with Crippen LogP contribution in [0.2, 0.25) is 0 Å². The molecule has 1 fully saturated rings. The molecule has 0 aliphatic heterocycles. The fourth-order valence-corrected chi connectivity index (χ4v) is 3.15. The summed E-state index contributed by atoms with van der Waals surface area (Å²) in [6, 6.07) is 16.3. The second kappa shape index (κ2) is 8.14. The number of hydrogen-bond acceptors (Lipinski definition) is 3. The number of aliphatic hydroxyl groups is 1. The predicted octanol–water partition coefficient (Wildman–Crippen LogP) is 3.79. The standard InChI is InChI=1S/C20H25NO2/c22-15-18-8-2-1-7-17(18)14-21-13-16-6-5-11-20(12-16)23-19-9-3-4-10-19/h1-2,5-8,11-12,19,21-22H,3-4,9-10,13-15H2. The Morgan fingerprint density at radius 2 is 1.74 bits per heavy atom. The van der Waals surface area contributed by atoms with Crippen LogP contribution in [0.1, 0.15) is 42.4 Å². The van der Waals surface area contributed by atoms with E-state index in [2.05, 4.69) is 29.6 Å². The largest absolute Gasteiger partial charge is 0.490 e. The van der Waals surface area contributed by atoms with E-state index in [4.69, 9.17) is 4.74 Å². The Labute approximate surface area is 138 Å². The molecule has 2 aromatic carbocycles. The summed E-state index contributed by atoms with van der Waals surface area (Å²) in [5.41, 5.74) is 3.36. The molecule has 0 bridgehead atoms. The molecule has 3 rings (SSSR count). The first-order valence-corrected chi connectivity index (χ1v) is 8.49. The lowest BCUT2D eigenvalue weighted by atomic mass is 10.1. The molecular weight excluding hydrogens is 286 g/mol. The Morgan fingerprint density at radius 1 is 0.957 bits per heavy atom. The molecule has 122 valence electrons. The van der Waals surface area contributed by atoms with Gasteiger partial charge in [0.25, 0.3) is 0 Å². The zero-order valence-corrected chi connectivity index (χ0v) is 13.5. The van der Waals surface area contributed by atoms with Crippen LogP contribution in [0.3, 0.4) is 0 Å². The average Bonchev–Trinajstić information content (AvgIpc) is 3.09. The van der Waals surface area contributed by atoms with Gasteiger partial charge in [-0.2, -0.15) is 0 Å². The van der Waals surface area contributed by atoms with Gasteiger partial charge in [0.2, 0.25) is 0 Å². The molecule has 3 nitrogen and oxygen atoms in total. The van der Waals surface area contributed by atoms with Crippen molar-refractivity contribution >= 4 is 0 Å². The third kappa shape index (κ3) is 4.57. The van der Waals surface area contributed by atoms with E-state index in [1.54, 1.807) is 0 Å². The van der Waals surface area contributed by atoms with E-state index in [-0.39, 0.29) is 6.61 Å². The molecular formula is C20H25NO2. The summed E-state index contributed by atoms with van der Waals surface area (Å²) < 4.78 is 6.06. The second-order valence-corrected chi connectivity index (χ2v) is 6.20. The summed E-state index contributed by atoms with van der Waals surface area (Å²) in [6.45, 7) is 1.63. The van der Waals surface area contributed by atoms with Gasteiger partial charge < -0.3 is 15.2 Å². The lowest BCUT2D eigenvalue weighted by molar-refractivity contribution is 0.210. The van der Waals surface area contributed by atoms with Crippen molar-refractivity contribution in [2.75, 3.05) is 0 Å². The molecule has 0 heterocycles. The Balaban J connectivity index is 1.53. The minimum absolute atomic E-state index is 0.0859. The van der Waals surface area contributed by atoms with Gasteiger partial charge in [0.15, 0.2) is 0 Å². The van der Waals surface area contributed by atoms with Crippen LogP contribution in [0.25, 0.3) is 0 Å². The Hall–Kier alpha value is -1.84. The average molecular weight is 311 g/mol. The number of benzene rings is 2. The minimum Gasteiger partial charge on any atom is -0.490 e. The first kappa shape index (κ1) is 16.0. The van der Waals surface area contributed by atoms with Crippen LogP contribution in [0.4, 0.5) is 0 Å². The van der Waals surface area contributed by atoms with Gasteiger partial charge in [-0.3, -0.25) is 0 Å². The van der Waals surface area contributed by atoms with Crippen LogP contribution in [0.15, 0.2) is 48.5 Å². The highest BCUT2D eigenvalue weighted by atomic mass is 16.5. The van der Waals surface area contributed by atoms with Crippen molar-refractivity contribution in [3.8, 4) is 5.75 Å². The third-order valence-electron chi connectivity index (χ3n) is 4.44. The molecule has 23 heavy (non-hydrogen) atoms. The Bertz CT molecular complexity index is 621. The van der Waals surface area contributed by atoms with Crippen LogP contribution in [0, 0.1) is 0 Å². The SMILES string of the molecule is OCc1ccccc1CNCc1cccc(OC2CCCC2)c1. The van der Waals surface area contributed by atoms with Crippen LogP contribution >= 0.6 is 0 Å². The van der Waals surface area contributed by atoms with Crippen molar-refractivity contribution in [3.05, 3.63) is 65.2 Å². The molecule has 3 heteroatoms. The summed E-state index contributed by atoms with van der Waals surface area (Å²) in [5, 5.41) is 12.8. The molecule has 0 aromatic heterocycles. The van der Waals surface area contributed by atoms with Gasteiger partial charge in [-0.1, -0.05) is 36.4 Å². The monoisotopic (exact) mass is 311 g/mol.